The van der Waals surface area contributed by atoms with Gasteiger partial charge in [0.25, 0.3) is 0 Å². The molecule has 0 aliphatic carbocycles. The van der Waals surface area contributed by atoms with Gasteiger partial charge in [0, 0.05) is 8.01 Å². The molecule has 0 radical (unpaired) electrons. The number of allylic oxidation sites excluding steroid dienone is 3. The van der Waals surface area contributed by atoms with E-state index in [2.05, 4.69) is 89.0 Å². The van der Waals surface area contributed by atoms with Crippen molar-refractivity contribution in [1.29, 1.82) is 0 Å². The van der Waals surface area contributed by atoms with Crippen molar-refractivity contribution in [1.82, 2.24) is 0 Å². The molecule has 0 unspecified atom stereocenters. The van der Waals surface area contributed by atoms with Gasteiger partial charge in [-0.25, -0.2) is 0 Å². The van der Waals surface area contributed by atoms with Gasteiger partial charge in [-0.1, -0.05) is 59.5 Å². The Labute approximate surface area is 119 Å². The van der Waals surface area contributed by atoms with E-state index in [1.54, 1.807) is 0 Å². The van der Waals surface area contributed by atoms with Crippen molar-refractivity contribution in [3.05, 3.63) is 51.6 Å². The molecule has 0 saturated carbocycles. The van der Waals surface area contributed by atoms with Gasteiger partial charge in [-0.15, -0.1) is 0 Å². The third kappa shape index (κ3) is 3.90. The van der Waals surface area contributed by atoms with Gasteiger partial charge in [-0.3, -0.25) is 0 Å². The van der Waals surface area contributed by atoms with Gasteiger partial charge in [-0.2, -0.15) is 0 Å². The average molecular weight is 424 g/mol. The summed E-state index contributed by atoms with van der Waals surface area (Å²) in [5.74, 6) is 0. The molecule has 0 N–H and O–H groups in total. The Hall–Kier alpha value is 0.160. The molecule has 0 heterocycles. The highest BCUT2D eigenvalue weighted by atomic mass is 127. The van der Waals surface area contributed by atoms with Crippen molar-refractivity contribution in [3.63, 3.8) is 0 Å². The Morgan fingerprint density at radius 2 is 1.87 bits per heavy atom. The smallest absolute Gasteiger partial charge is 0.0191 e. The topological polar surface area (TPSA) is 0 Å². The van der Waals surface area contributed by atoms with Crippen LogP contribution in [0, 0.1) is 0 Å². The molecule has 0 aromatic heterocycles. The predicted molar refractivity (Wildman–Crippen MR) is 85.7 cm³/mol. The first-order valence-electron chi connectivity index (χ1n) is 4.82. The molecule has 1 aromatic rings. The molecule has 0 fully saturated rings. The maximum Gasteiger partial charge on any atom is 0.0191 e. The molecule has 1 aromatic carbocycles. The SMILES string of the molecule is C=C(C)/C(I)=C(/CCI)c1ccccc1. The van der Waals surface area contributed by atoms with Crippen molar-refractivity contribution in [2.24, 2.45) is 0 Å². The summed E-state index contributed by atoms with van der Waals surface area (Å²) in [6.45, 7) is 6.08. The maximum absolute atomic E-state index is 4.02. The summed E-state index contributed by atoms with van der Waals surface area (Å²) in [6, 6.07) is 10.6. The van der Waals surface area contributed by atoms with E-state index < -0.39 is 0 Å². The molecule has 0 bridgehead atoms. The summed E-state index contributed by atoms with van der Waals surface area (Å²) in [7, 11) is 0. The van der Waals surface area contributed by atoms with Gasteiger partial charge in [0.05, 0.1) is 0 Å². The fraction of sp³-hybridized carbons (Fsp3) is 0.231. The molecule has 0 saturated heterocycles. The van der Waals surface area contributed by atoms with Crippen LogP contribution < -0.4 is 0 Å². The maximum atomic E-state index is 4.02. The lowest BCUT2D eigenvalue weighted by Crippen LogP contribution is -1.89. The minimum absolute atomic E-state index is 1.11. The molecule has 80 valence electrons. The summed E-state index contributed by atoms with van der Waals surface area (Å²) in [4.78, 5) is 0. The molecule has 0 nitrogen and oxygen atoms in total. The first-order valence-corrected chi connectivity index (χ1v) is 7.43. The van der Waals surface area contributed by atoms with Crippen LogP contribution in [0.2, 0.25) is 0 Å². The third-order valence-electron chi connectivity index (χ3n) is 2.11. The van der Waals surface area contributed by atoms with E-state index in [9.17, 15) is 0 Å². The molecule has 0 spiro atoms. The third-order valence-corrected chi connectivity index (χ3v) is 4.22. The molecule has 0 amide bonds. The van der Waals surface area contributed by atoms with Gasteiger partial charge >= 0.3 is 0 Å². The van der Waals surface area contributed by atoms with E-state index in [4.69, 9.17) is 0 Å². The number of halogens is 2. The van der Waals surface area contributed by atoms with Gasteiger partial charge in [0.2, 0.25) is 0 Å². The Kier molecular flexibility index (Phi) is 5.89. The highest BCUT2D eigenvalue weighted by molar-refractivity contribution is 14.1. The Balaban J connectivity index is 3.14. The molecule has 1 rings (SSSR count). The van der Waals surface area contributed by atoms with E-state index >= 15 is 0 Å². The largest absolute Gasteiger partial charge is 0.0950 e. The number of benzene rings is 1. The lowest BCUT2D eigenvalue weighted by Gasteiger charge is -2.10. The summed E-state index contributed by atoms with van der Waals surface area (Å²) in [5.41, 5.74) is 3.89. The number of rotatable bonds is 4. The first-order chi connectivity index (χ1) is 7.16. The first kappa shape index (κ1) is 13.2. The summed E-state index contributed by atoms with van der Waals surface area (Å²) >= 11 is 4.82. The minimum atomic E-state index is 1.11. The van der Waals surface area contributed by atoms with Crippen molar-refractivity contribution in [3.8, 4) is 0 Å². The number of hydrogen-bond acceptors (Lipinski definition) is 0. The van der Waals surface area contributed by atoms with Crippen molar-refractivity contribution in [2.45, 2.75) is 13.3 Å². The second-order valence-corrected chi connectivity index (χ2v) is 5.54. The monoisotopic (exact) mass is 424 g/mol. The standard InChI is InChI=1S/C13H14I2/c1-10(2)13(15)12(8-9-14)11-6-4-3-5-7-11/h3-7H,1,8-9H2,2H3/b13-12+. The van der Waals surface area contributed by atoms with Crippen LogP contribution in [0.1, 0.15) is 18.9 Å². The summed E-state index contributed by atoms with van der Waals surface area (Å²) < 4.78 is 2.44. The highest BCUT2D eigenvalue weighted by Crippen LogP contribution is 2.30. The van der Waals surface area contributed by atoms with Crippen LogP contribution in [0.4, 0.5) is 0 Å². The lowest BCUT2D eigenvalue weighted by molar-refractivity contribution is 1.28. The Bertz CT molecular complexity index is 363. The second-order valence-electron chi connectivity index (χ2n) is 3.38. The van der Waals surface area contributed by atoms with E-state index in [1.807, 2.05) is 0 Å². The van der Waals surface area contributed by atoms with Crippen LogP contribution in [0.15, 0.2) is 46.1 Å². The van der Waals surface area contributed by atoms with E-state index in [0.717, 1.165) is 16.4 Å². The quantitative estimate of drug-likeness (QED) is 0.353. The minimum Gasteiger partial charge on any atom is -0.0950 e. The van der Waals surface area contributed by atoms with E-state index in [1.165, 1.54) is 14.7 Å². The lowest BCUT2D eigenvalue weighted by atomic mass is 10.0. The van der Waals surface area contributed by atoms with Crippen LogP contribution in [0.25, 0.3) is 5.57 Å². The Morgan fingerprint density at radius 1 is 1.27 bits per heavy atom. The predicted octanol–water partition coefficient (Wildman–Crippen LogP) is 5.23. The molecule has 2 heteroatoms. The fourth-order valence-electron chi connectivity index (χ4n) is 1.37. The molecule has 0 aliphatic rings. The normalized spacial score (nSPS) is 12.2. The summed E-state index contributed by atoms with van der Waals surface area (Å²) in [5, 5.41) is 0. The van der Waals surface area contributed by atoms with Gasteiger partial charge in [-0.05, 0) is 52.6 Å². The molecule has 0 aliphatic heterocycles. The van der Waals surface area contributed by atoms with Crippen LogP contribution in [0.5, 0.6) is 0 Å². The van der Waals surface area contributed by atoms with Crippen molar-refractivity contribution >= 4 is 50.8 Å². The highest BCUT2D eigenvalue weighted by Gasteiger charge is 2.06. The van der Waals surface area contributed by atoms with Crippen molar-refractivity contribution < 1.29 is 0 Å². The number of alkyl halides is 1. The van der Waals surface area contributed by atoms with Crippen LogP contribution in [-0.2, 0) is 0 Å². The van der Waals surface area contributed by atoms with E-state index in [0.29, 0.717) is 0 Å². The summed E-state index contributed by atoms with van der Waals surface area (Å²) in [6.07, 6.45) is 1.11. The van der Waals surface area contributed by atoms with Gasteiger partial charge in [0.1, 0.15) is 0 Å². The zero-order chi connectivity index (χ0) is 11.3. The molecular weight excluding hydrogens is 410 g/mol. The van der Waals surface area contributed by atoms with Crippen LogP contribution in [0.3, 0.4) is 0 Å². The van der Waals surface area contributed by atoms with Crippen LogP contribution >= 0.6 is 45.2 Å². The van der Waals surface area contributed by atoms with Crippen LogP contribution in [-0.4, -0.2) is 4.43 Å². The Morgan fingerprint density at radius 3 is 2.33 bits per heavy atom. The fourth-order valence-corrected chi connectivity index (χ4v) is 2.49. The average Bonchev–Trinajstić information content (AvgIpc) is 2.26. The van der Waals surface area contributed by atoms with Gasteiger partial charge < -0.3 is 0 Å². The zero-order valence-electron chi connectivity index (χ0n) is 8.76. The second kappa shape index (κ2) is 6.68. The van der Waals surface area contributed by atoms with E-state index in [-0.39, 0.29) is 0 Å². The van der Waals surface area contributed by atoms with Crippen molar-refractivity contribution in [2.75, 3.05) is 4.43 Å². The van der Waals surface area contributed by atoms with Gasteiger partial charge in [0.15, 0.2) is 0 Å². The zero-order valence-corrected chi connectivity index (χ0v) is 13.1. The molecular formula is C13H14I2. The molecule has 0 atom stereocenters. The number of hydrogen-bond donors (Lipinski definition) is 0. The molecule has 15 heavy (non-hydrogen) atoms.